The molecule has 1 N–H and O–H groups in total. The molecule has 2 heterocycles. The van der Waals surface area contributed by atoms with Crippen LogP contribution >= 0.6 is 0 Å². The lowest BCUT2D eigenvalue weighted by molar-refractivity contribution is 0.0328. The van der Waals surface area contributed by atoms with Gasteiger partial charge in [-0.1, -0.05) is 24.3 Å². The molecule has 0 saturated carbocycles. The van der Waals surface area contributed by atoms with Crippen molar-refractivity contribution in [3.63, 3.8) is 0 Å². The fourth-order valence-corrected chi connectivity index (χ4v) is 4.76. The van der Waals surface area contributed by atoms with Crippen LogP contribution in [0.1, 0.15) is 35.3 Å². The summed E-state index contributed by atoms with van der Waals surface area (Å²) in [5.74, 6) is 1.26. The van der Waals surface area contributed by atoms with Crippen LogP contribution in [-0.4, -0.2) is 51.0 Å². The van der Waals surface area contributed by atoms with E-state index in [1.54, 1.807) is 24.6 Å². The standard InChI is InChI=1S/C30H31N3O4/c1-21-18-33(22(2)17-32(21)19-23-3-7-26(8-4-23)30(34)35)20-24-5-11-27(12-6-24)37-28-13-9-25(10-14-28)29-31-15-16-36-29/h3-16,21-22H,17-20H2,1-2H3,(H,34,35)/t21-,22-/m1/s1. The topological polar surface area (TPSA) is 79.0 Å². The summed E-state index contributed by atoms with van der Waals surface area (Å²) in [5, 5.41) is 9.12. The number of nitrogens with zero attached hydrogens (tertiary/aromatic N) is 3. The normalized spacial score (nSPS) is 18.5. The number of hydrogen-bond donors (Lipinski definition) is 1. The fourth-order valence-electron chi connectivity index (χ4n) is 4.76. The third-order valence-electron chi connectivity index (χ3n) is 6.91. The van der Waals surface area contributed by atoms with Crippen LogP contribution in [-0.2, 0) is 13.1 Å². The average molecular weight is 498 g/mol. The highest BCUT2D eigenvalue weighted by Crippen LogP contribution is 2.26. The highest BCUT2D eigenvalue weighted by molar-refractivity contribution is 5.87. The molecule has 0 bridgehead atoms. The average Bonchev–Trinajstić information content (AvgIpc) is 3.44. The van der Waals surface area contributed by atoms with E-state index in [9.17, 15) is 4.79 Å². The van der Waals surface area contributed by atoms with Crippen LogP contribution in [0.15, 0.2) is 89.7 Å². The Labute approximate surface area is 216 Å². The molecule has 37 heavy (non-hydrogen) atoms. The molecule has 0 spiro atoms. The van der Waals surface area contributed by atoms with Gasteiger partial charge in [0.2, 0.25) is 5.89 Å². The van der Waals surface area contributed by atoms with E-state index < -0.39 is 5.97 Å². The Morgan fingerprint density at radius 3 is 1.86 bits per heavy atom. The Bertz CT molecular complexity index is 1300. The van der Waals surface area contributed by atoms with Crippen molar-refractivity contribution in [3.05, 3.63) is 102 Å². The lowest BCUT2D eigenvalue weighted by Crippen LogP contribution is -2.55. The minimum absolute atomic E-state index is 0.326. The van der Waals surface area contributed by atoms with Crippen LogP contribution in [0.3, 0.4) is 0 Å². The van der Waals surface area contributed by atoms with Gasteiger partial charge in [0.05, 0.1) is 11.8 Å². The molecule has 1 saturated heterocycles. The number of carboxylic acids is 1. The number of benzene rings is 3. The Balaban J connectivity index is 1.14. The first-order valence-corrected chi connectivity index (χ1v) is 12.5. The van der Waals surface area contributed by atoms with Gasteiger partial charge in [-0.25, -0.2) is 9.78 Å². The maximum atomic E-state index is 11.1. The van der Waals surface area contributed by atoms with E-state index in [1.165, 1.54) is 5.56 Å². The summed E-state index contributed by atoms with van der Waals surface area (Å²) in [6.07, 6.45) is 3.19. The monoisotopic (exact) mass is 497 g/mol. The van der Waals surface area contributed by atoms with E-state index in [0.29, 0.717) is 23.5 Å². The van der Waals surface area contributed by atoms with Crippen molar-refractivity contribution >= 4 is 5.97 Å². The molecular weight excluding hydrogens is 466 g/mol. The number of carboxylic acid groups (broad SMARTS) is 1. The number of rotatable bonds is 8. The van der Waals surface area contributed by atoms with Crippen molar-refractivity contribution < 1.29 is 19.1 Å². The maximum Gasteiger partial charge on any atom is 0.335 e. The number of ether oxygens (including phenoxy) is 1. The molecule has 5 rings (SSSR count). The van der Waals surface area contributed by atoms with Crippen molar-refractivity contribution in [1.82, 2.24) is 14.8 Å². The van der Waals surface area contributed by atoms with E-state index >= 15 is 0 Å². The van der Waals surface area contributed by atoms with Crippen LogP contribution in [0.2, 0.25) is 0 Å². The Morgan fingerprint density at radius 2 is 1.38 bits per heavy atom. The summed E-state index contributed by atoms with van der Waals surface area (Å²) < 4.78 is 11.4. The minimum atomic E-state index is -0.890. The van der Waals surface area contributed by atoms with Gasteiger partial charge in [0.25, 0.3) is 0 Å². The van der Waals surface area contributed by atoms with Crippen molar-refractivity contribution in [3.8, 4) is 23.0 Å². The molecule has 4 aromatic rings. The molecule has 1 aromatic heterocycles. The Morgan fingerprint density at radius 1 is 0.865 bits per heavy atom. The van der Waals surface area contributed by atoms with Gasteiger partial charge in [-0.05, 0) is 73.5 Å². The third-order valence-corrected chi connectivity index (χ3v) is 6.91. The maximum absolute atomic E-state index is 11.1. The van der Waals surface area contributed by atoms with Gasteiger partial charge in [0.15, 0.2) is 0 Å². The largest absolute Gasteiger partial charge is 0.478 e. The van der Waals surface area contributed by atoms with Gasteiger partial charge in [-0.3, -0.25) is 9.80 Å². The fraction of sp³-hybridized carbons (Fsp3) is 0.267. The predicted molar refractivity (Wildman–Crippen MR) is 142 cm³/mol. The minimum Gasteiger partial charge on any atom is -0.478 e. The van der Waals surface area contributed by atoms with Crippen LogP contribution in [0.5, 0.6) is 11.5 Å². The Hall–Kier alpha value is -3.94. The summed E-state index contributed by atoms with van der Waals surface area (Å²) in [5.41, 5.74) is 3.63. The van der Waals surface area contributed by atoms with Gasteiger partial charge >= 0.3 is 5.97 Å². The SMILES string of the molecule is C[C@@H]1CN(Cc2ccc(C(=O)O)cc2)[C@H](C)CN1Cc1ccc(Oc2ccc(-c3ncco3)cc2)cc1. The molecule has 7 nitrogen and oxygen atoms in total. The summed E-state index contributed by atoms with van der Waals surface area (Å²) in [6.45, 7) is 8.18. The van der Waals surface area contributed by atoms with Crippen molar-refractivity contribution in [1.29, 1.82) is 0 Å². The molecule has 1 aliphatic heterocycles. The van der Waals surface area contributed by atoms with Crippen LogP contribution in [0.4, 0.5) is 0 Å². The molecule has 0 amide bonds. The summed E-state index contributed by atoms with van der Waals surface area (Å²) in [4.78, 5) is 20.3. The van der Waals surface area contributed by atoms with Gasteiger partial charge in [-0.15, -0.1) is 0 Å². The summed E-state index contributed by atoms with van der Waals surface area (Å²) in [7, 11) is 0. The lowest BCUT2D eigenvalue weighted by Gasteiger charge is -2.44. The number of oxazole rings is 1. The quantitative estimate of drug-likeness (QED) is 0.323. The second kappa shape index (κ2) is 11.0. The zero-order valence-electron chi connectivity index (χ0n) is 21.1. The van der Waals surface area contributed by atoms with Gasteiger partial charge in [0, 0.05) is 43.8 Å². The van der Waals surface area contributed by atoms with Gasteiger partial charge < -0.3 is 14.3 Å². The molecule has 1 aliphatic rings. The lowest BCUT2D eigenvalue weighted by atomic mass is 10.0. The van der Waals surface area contributed by atoms with Crippen molar-refractivity contribution in [2.24, 2.45) is 0 Å². The molecule has 7 heteroatoms. The number of carbonyl (C=O) groups is 1. The third kappa shape index (κ3) is 6.07. The summed E-state index contributed by atoms with van der Waals surface area (Å²) in [6, 6.07) is 24.0. The number of piperazine rings is 1. The zero-order valence-corrected chi connectivity index (χ0v) is 21.1. The highest BCUT2D eigenvalue weighted by Gasteiger charge is 2.29. The molecule has 2 atom stereocenters. The highest BCUT2D eigenvalue weighted by atomic mass is 16.5. The predicted octanol–water partition coefficient (Wildman–Crippen LogP) is 5.93. The number of aromatic carboxylic acids is 1. The van der Waals surface area contributed by atoms with Crippen LogP contribution < -0.4 is 4.74 Å². The smallest absolute Gasteiger partial charge is 0.335 e. The number of aromatic nitrogens is 1. The van der Waals surface area contributed by atoms with Crippen molar-refractivity contribution in [2.45, 2.75) is 39.0 Å². The van der Waals surface area contributed by atoms with Gasteiger partial charge in [-0.2, -0.15) is 0 Å². The number of hydrogen-bond acceptors (Lipinski definition) is 6. The molecule has 3 aromatic carbocycles. The summed E-state index contributed by atoms with van der Waals surface area (Å²) >= 11 is 0. The van der Waals surface area contributed by atoms with E-state index in [0.717, 1.165) is 48.8 Å². The molecule has 1 fully saturated rings. The molecule has 190 valence electrons. The van der Waals surface area contributed by atoms with E-state index in [-0.39, 0.29) is 0 Å². The van der Waals surface area contributed by atoms with E-state index in [1.807, 2.05) is 48.5 Å². The van der Waals surface area contributed by atoms with E-state index in [4.69, 9.17) is 14.3 Å². The van der Waals surface area contributed by atoms with E-state index in [2.05, 4.69) is 40.8 Å². The second-order valence-corrected chi connectivity index (χ2v) is 9.67. The van der Waals surface area contributed by atoms with Crippen molar-refractivity contribution in [2.75, 3.05) is 13.1 Å². The molecular formula is C30H31N3O4. The second-order valence-electron chi connectivity index (χ2n) is 9.67. The first-order chi connectivity index (χ1) is 17.9. The molecule has 0 unspecified atom stereocenters. The zero-order chi connectivity index (χ0) is 25.8. The molecule has 0 aliphatic carbocycles. The first kappa shape index (κ1) is 24.7. The Kier molecular flexibility index (Phi) is 7.35. The van der Waals surface area contributed by atoms with Crippen LogP contribution in [0.25, 0.3) is 11.5 Å². The molecule has 0 radical (unpaired) electrons. The van der Waals surface area contributed by atoms with Gasteiger partial charge in [0.1, 0.15) is 17.8 Å². The van der Waals surface area contributed by atoms with Crippen LogP contribution in [0, 0.1) is 0 Å². The first-order valence-electron chi connectivity index (χ1n) is 12.5.